The molecule has 1 amide bonds. The third-order valence-electron chi connectivity index (χ3n) is 3.65. The Hall–Kier alpha value is -3.96. The van der Waals surface area contributed by atoms with Crippen LogP contribution in [0.5, 0.6) is 5.75 Å². The molecule has 0 radical (unpaired) electrons. The van der Waals surface area contributed by atoms with Crippen LogP contribution in [0.2, 0.25) is 0 Å². The van der Waals surface area contributed by atoms with Crippen LogP contribution in [-0.2, 0) is 6.54 Å². The molecule has 0 spiro atoms. The first-order valence-electron chi connectivity index (χ1n) is 8.02. The highest BCUT2D eigenvalue weighted by Crippen LogP contribution is 2.27. The number of hydrogen-bond acceptors (Lipinski definition) is 6. The van der Waals surface area contributed by atoms with Crippen molar-refractivity contribution in [3.63, 3.8) is 0 Å². The Kier molecular flexibility index (Phi) is 5.43. The number of aromatic nitrogens is 3. The lowest BCUT2D eigenvalue weighted by Gasteiger charge is -2.12. The van der Waals surface area contributed by atoms with Crippen LogP contribution in [0.3, 0.4) is 0 Å². The maximum Gasteiger partial charge on any atom is 0.573 e. The van der Waals surface area contributed by atoms with E-state index in [1.807, 2.05) is 0 Å². The number of carbonyl (C=O) groups excluding carboxylic acids is 1. The molecule has 12 heteroatoms. The van der Waals surface area contributed by atoms with Crippen molar-refractivity contribution >= 4 is 11.6 Å². The van der Waals surface area contributed by atoms with Gasteiger partial charge in [0.05, 0.1) is 22.6 Å². The third-order valence-corrected chi connectivity index (χ3v) is 3.65. The minimum absolute atomic E-state index is 0.0840. The van der Waals surface area contributed by atoms with Crippen LogP contribution in [0.25, 0.3) is 11.4 Å². The number of benzene rings is 2. The zero-order valence-electron chi connectivity index (χ0n) is 14.4. The van der Waals surface area contributed by atoms with Gasteiger partial charge >= 0.3 is 6.36 Å². The summed E-state index contributed by atoms with van der Waals surface area (Å²) in [5.74, 6) is -1.28. The van der Waals surface area contributed by atoms with E-state index < -0.39 is 22.9 Å². The van der Waals surface area contributed by atoms with Gasteiger partial charge in [0.2, 0.25) is 0 Å². The van der Waals surface area contributed by atoms with E-state index >= 15 is 0 Å². The molecular formula is C17H12F3N5O4. The highest BCUT2D eigenvalue weighted by atomic mass is 19.4. The summed E-state index contributed by atoms with van der Waals surface area (Å²) in [6, 6.07) is 10.7. The molecule has 0 aliphatic heterocycles. The fourth-order valence-corrected chi connectivity index (χ4v) is 2.45. The Labute approximate surface area is 160 Å². The van der Waals surface area contributed by atoms with Gasteiger partial charge in [-0.15, -0.1) is 13.2 Å². The second-order valence-corrected chi connectivity index (χ2v) is 5.60. The fraction of sp³-hybridized carbons (Fsp3) is 0.118. The average Bonchev–Trinajstić information content (AvgIpc) is 3.14. The molecule has 150 valence electrons. The van der Waals surface area contributed by atoms with Crippen LogP contribution >= 0.6 is 0 Å². The first-order chi connectivity index (χ1) is 13.7. The number of rotatable bonds is 6. The van der Waals surface area contributed by atoms with E-state index in [-0.39, 0.29) is 35.0 Å². The summed E-state index contributed by atoms with van der Waals surface area (Å²) in [6.07, 6.45) is -4.95. The van der Waals surface area contributed by atoms with Crippen LogP contribution in [0.15, 0.2) is 48.5 Å². The summed E-state index contributed by atoms with van der Waals surface area (Å²) in [7, 11) is 0. The molecule has 0 saturated heterocycles. The van der Waals surface area contributed by atoms with Crippen molar-refractivity contribution in [2.75, 3.05) is 0 Å². The number of nitro groups is 1. The molecule has 0 aliphatic rings. The lowest BCUT2D eigenvalue weighted by molar-refractivity contribution is -0.384. The topological polar surface area (TPSA) is 123 Å². The number of H-pyrrole nitrogens is 1. The summed E-state index contributed by atoms with van der Waals surface area (Å²) in [6.45, 7) is -0.226. The van der Waals surface area contributed by atoms with Gasteiger partial charge in [-0.3, -0.25) is 20.0 Å². The second kappa shape index (κ2) is 7.96. The number of nitrogens with one attached hydrogen (secondary N) is 2. The highest BCUT2D eigenvalue weighted by molar-refractivity contribution is 5.96. The molecule has 0 unspecified atom stereocenters. The largest absolute Gasteiger partial charge is 0.573 e. The monoisotopic (exact) mass is 407 g/mol. The zero-order valence-corrected chi connectivity index (χ0v) is 14.4. The Morgan fingerprint density at radius 1 is 1.17 bits per heavy atom. The number of alkyl halides is 3. The normalized spacial score (nSPS) is 11.1. The number of nitrogens with zero attached hydrogens (tertiary/aromatic N) is 3. The Balaban J connectivity index is 1.73. The Bertz CT molecular complexity index is 1050. The van der Waals surface area contributed by atoms with Gasteiger partial charge in [-0.05, 0) is 18.2 Å². The molecule has 0 saturated carbocycles. The summed E-state index contributed by atoms with van der Waals surface area (Å²) < 4.78 is 41.2. The predicted octanol–water partition coefficient (Wildman–Crippen LogP) is 3.21. The van der Waals surface area contributed by atoms with Crippen molar-refractivity contribution in [2.24, 2.45) is 0 Å². The molecule has 3 rings (SSSR count). The van der Waals surface area contributed by atoms with Crippen molar-refractivity contribution in [1.82, 2.24) is 20.5 Å². The van der Waals surface area contributed by atoms with Gasteiger partial charge in [-0.25, -0.2) is 4.98 Å². The fourth-order valence-electron chi connectivity index (χ4n) is 2.45. The minimum atomic E-state index is -4.95. The number of para-hydroxylation sites is 2. The summed E-state index contributed by atoms with van der Waals surface area (Å²) in [5.41, 5.74) is -0.303. The molecule has 0 aliphatic carbocycles. The highest BCUT2D eigenvalue weighted by Gasteiger charge is 2.32. The number of ether oxygens (including phenoxy) is 1. The molecular weight excluding hydrogens is 395 g/mol. The van der Waals surface area contributed by atoms with E-state index in [1.165, 1.54) is 36.4 Å². The van der Waals surface area contributed by atoms with E-state index in [0.717, 1.165) is 6.07 Å². The van der Waals surface area contributed by atoms with Crippen LogP contribution in [0.1, 0.15) is 16.2 Å². The van der Waals surface area contributed by atoms with E-state index in [2.05, 4.69) is 25.2 Å². The van der Waals surface area contributed by atoms with Crippen molar-refractivity contribution < 1.29 is 27.6 Å². The lowest BCUT2D eigenvalue weighted by atomic mass is 10.2. The summed E-state index contributed by atoms with van der Waals surface area (Å²) in [4.78, 5) is 26.8. The number of nitro benzene ring substituents is 1. The molecule has 1 heterocycles. The van der Waals surface area contributed by atoms with Crippen LogP contribution in [0, 0.1) is 10.1 Å². The standard InChI is InChI=1S/C17H12F3N5O4/c18-17(19,20)29-13-8-4-2-6-11(13)16(26)21-9-14-22-15(24-23-14)10-5-1-3-7-12(10)25(27)28/h1-8H,9H2,(H,21,26)(H,22,23,24). The van der Waals surface area contributed by atoms with Crippen LogP contribution in [0.4, 0.5) is 18.9 Å². The summed E-state index contributed by atoms with van der Waals surface area (Å²) in [5, 5.41) is 19.9. The minimum Gasteiger partial charge on any atom is -0.405 e. The number of carbonyl (C=O) groups is 1. The van der Waals surface area contributed by atoms with Gasteiger partial charge in [0, 0.05) is 6.07 Å². The number of halogens is 3. The van der Waals surface area contributed by atoms with Gasteiger partial charge in [-0.1, -0.05) is 24.3 Å². The SMILES string of the molecule is O=C(NCc1n[nH]c(-c2ccccc2[N+](=O)[O-])n1)c1ccccc1OC(F)(F)F. The molecule has 0 fully saturated rings. The molecule has 0 bridgehead atoms. The smallest absolute Gasteiger partial charge is 0.405 e. The third kappa shape index (κ3) is 4.86. The van der Waals surface area contributed by atoms with Gasteiger partial charge in [0.25, 0.3) is 11.6 Å². The Morgan fingerprint density at radius 3 is 2.59 bits per heavy atom. The molecule has 1 aromatic heterocycles. The predicted molar refractivity (Wildman–Crippen MR) is 92.8 cm³/mol. The van der Waals surface area contributed by atoms with E-state index in [1.54, 1.807) is 6.07 Å². The number of aromatic amines is 1. The maximum absolute atomic E-state index is 12.5. The van der Waals surface area contributed by atoms with E-state index in [9.17, 15) is 28.1 Å². The summed E-state index contributed by atoms with van der Waals surface area (Å²) >= 11 is 0. The first kappa shape index (κ1) is 19.8. The zero-order chi connectivity index (χ0) is 21.0. The van der Waals surface area contributed by atoms with Gasteiger partial charge in [0.1, 0.15) is 5.75 Å². The van der Waals surface area contributed by atoms with E-state index in [4.69, 9.17) is 0 Å². The molecule has 29 heavy (non-hydrogen) atoms. The number of amides is 1. The van der Waals surface area contributed by atoms with Crippen molar-refractivity contribution in [3.05, 3.63) is 70.0 Å². The quantitative estimate of drug-likeness (QED) is 0.478. The molecule has 2 aromatic carbocycles. The van der Waals surface area contributed by atoms with E-state index in [0.29, 0.717) is 0 Å². The van der Waals surface area contributed by atoms with Gasteiger partial charge in [0.15, 0.2) is 11.6 Å². The van der Waals surface area contributed by atoms with Gasteiger partial charge < -0.3 is 10.1 Å². The van der Waals surface area contributed by atoms with Crippen molar-refractivity contribution in [3.8, 4) is 17.1 Å². The lowest BCUT2D eigenvalue weighted by Crippen LogP contribution is -2.26. The van der Waals surface area contributed by atoms with Crippen LogP contribution < -0.4 is 10.1 Å². The second-order valence-electron chi connectivity index (χ2n) is 5.60. The molecule has 0 atom stereocenters. The number of hydrogen-bond donors (Lipinski definition) is 2. The average molecular weight is 407 g/mol. The van der Waals surface area contributed by atoms with Crippen molar-refractivity contribution in [2.45, 2.75) is 12.9 Å². The van der Waals surface area contributed by atoms with Crippen molar-refractivity contribution in [1.29, 1.82) is 0 Å². The van der Waals surface area contributed by atoms with Gasteiger partial charge in [-0.2, -0.15) is 5.10 Å². The van der Waals surface area contributed by atoms with Crippen LogP contribution in [-0.4, -0.2) is 32.4 Å². The molecule has 3 aromatic rings. The Morgan fingerprint density at radius 2 is 1.86 bits per heavy atom. The first-order valence-corrected chi connectivity index (χ1v) is 8.02. The molecule has 9 nitrogen and oxygen atoms in total. The molecule has 2 N–H and O–H groups in total. The maximum atomic E-state index is 12.5.